The lowest BCUT2D eigenvalue weighted by molar-refractivity contribution is 0.0954. The van der Waals surface area contributed by atoms with Crippen LogP contribution in [0.15, 0.2) is 67.0 Å². The predicted molar refractivity (Wildman–Crippen MR) is 102 cm³/mol. The predicted octanol–water partition coefficient (Wildman–Crippen LogP) is 5.03. The summed E-state index contributed by atoms with van der Waals surface area (Å²) in [7, 11) is 0. The van der Waals surface area contributed by atoms with Crippen molar-refractivity contribution in [2.45, 2.75) is 6.42 Å². The molecule has 0 saturated carbocycles. The van der Waals surface area contributed by atoms with Crippen LogP contribution in [0.25, 0.3) is 11.1 Å². The van der Waals surface area contributed by atoms with E-state index in [0.717, 1.165) is 16.7 Å². The Bertz CT molecular complexity index is 882. The van der Waals surface area contributed by atoms with Crippen LogP contribution in [0.5, 0.6) is 0 Å². The number of halogens is 2. The van der Waals surface area contributed by atoms with Gasteiger partial charge in [-0.2, -0.15) is 0 Å². The SMILES string of the molecule is O=C(NCCc1ccccc1Cl)c1cc(-c2ccncc2)ccc1Cl. The number of pyridine rings is 1. The molecule has 0 spiro atoms. The third kappa shape index (κ3) is 4.38. The third-order valence-electron chi connectivity index (χ3n) is 3.86. The van der Waals surface area contributed by atoms with Crippen molar-refractivity contribution in [2.24, 2.45) is 0 Å². The summed E-state index contributed by atoms with van der Waals surface area (Å²) in [6, 6.07) is 16.8. The maximum absolute atomic E-state index is 12.5. The first-order valence-electron chi connectivity index (χ1n) is 7.86. The highest BCUT2D eigenvalue weighted by Gasteiger charge is 2.12. The smallest absolute Gasteiger partial charge is 0.252 e. The van der Waals surface area contributed by atoms with E-state index in [2.05, 4.69) is 10.3 Å². The van der Waals surface area contributed by atoms with Gasteiger partial charge >= 0.3 is 0 Å². The first-order valence-corrected chi connectivity index (χ1v) is 8.62. The fourth-order valence-corrected chi connectivity index (χ4v) is 2.96. The van der Waals surface area contributed by atoms with E-state index in [0.29, 0.717) is 28.6 Å². The molecule has 0 fully saturated rings. The molecule has 0 saturated heterocycles. The zero-order valence-corrected chi connectivity index (χ0v) is 14.9. The van der Waals surface area contributed by atoms with E-state index in [-0.39, 0.29) is 5.91 Å². The molecule has 0 atom stereocenters. The molecule has 0 bridgehead atoms. The van der Waals surface area contributed by atoms with E-state index in [1.54, 1.807) is 24.5 Å². The van der Waals surface area contributed by atoms with Crippen molar-refractivity contribution >= 4 is 29.1 Å². The summed E-state index contributed by atoms with van der Waals surface area (Å²) >= 11 is 12.3. The molecule has 0 aliphatic heterocycles. The lowest BCUT2D eigenvalue weighted by Crippen LogP contribution is -2.26. The second-order valence-corrected chi connectivity index (χ2v) is 6.34. The molecular weight excluding hydrogens is 355 g/mol. The Balaban J connectivity index is 1.70. The summed E-state index contributed by atoms with van der Waals surface area (Å²) < 4.78 is 0. The number of benzene rings is 2. The Labute approximate surface area is 156 Å². The minimum Gasteiger partial charge on any atom is -0.352 e. The number of rotatable bonds is 5. The van der Waals surface area contributed by atoms with Gasteiger partial charge in [0.2, 0.25) is 0 Å². The molecule has 0 aliphatic carbocycles. The Morgan fingerprint density at radius 3 is 2.44 bits per heavy atom. The normalized spacial score (nSPS) is 10.5. The summed E-state index contributed by atoms with van der Waals surface area (Å²) in [6.07, 6.45) is 4.09. The van der Waals surface area contributed by atoms with Crippen LogP contribution in [-0.4, -0.2) is 17.4 Å². The highest BCUT2D eigenvalue weighted by atomic mass is 35.5. The Kier molecular flexibility index (Phi) is 5.69. The lowest BCUT2D eigenvalue weighted by atomic mass is 10.0. The van der Waals surface area contributed by atoms with E-state index >= 15 is 0 Å². The number of hydrogen-bond acceptors (Lipinski definition) is 2. The Hall–Kier alpha value is -2.36. The van der Waals surface area contributed by atoms with Crippen molar-refractivity contribution in [3.05, 3.63) is 88.2 Å². The van der Waals surface area contributed by atoms with Crippen molar-refractivity contribution in [3.8, 4) is 11.1 Å². The van der Waals surface area contributed by atoms with Gasteiger partial charge in [0, 0.05) is 24.0 Å². The van der Waals surface area contributed by atoms with E-state index in [4.69, 9.17) is 23.2 Å². The van der Waals surface area contributed by atoms with E-state index in [1.165, 1.54) is 0 Å². The van der Waals surface area contributed by atoms with Gasteiger partial charge in [0.15, 0.2) is 0 Å². The van der Waals surface area contributed by atoms with Crippen molar-refractivity contribution in [1.82, 2.24) is 10.3 Å². The summed E-state index contributed by atoms with van der Waals surface area (Å²) in [4.78, 5) is 16.5. The van der Waals surface area contributed by atoms with Gasteiger partial charge in [-0.3, -0.25) is 9.78 Å². The Morgan fingerprint density at radius 2 is 1.68 bits per heavy atom. The molecule has 0 unspecified atom stereocenters. The molecule has 0 aliphatic rings. The first-order chi connectivity index (χ1) is 12.1. The molecule has 3 aromatic rings. The van der Waals surface area contributed by atoms with E-state index in [9.17, 15) is 4.79 Å². The zero-order valence-electron chi connectivity index (χ0n) is 13.4. The van der Waals surface area contributed by atoms with Crippen molar-refractivity contribution < 1.29 is 4.79 Å². The molecule has 0 radical (unpaired) electrons. The molecular formula is C20H16Cl2N2O. The Morgan fingerprint density at radius 1 is 0.920 bits per heavy atom. The minimum atomic E-state index is -0.201. The summed E-state index contributed by atoms with van der Waals surface area (Å²) in [5.74, 6) is -0.201. The zero-order chi connectivity index (χ0) is 17.6. The van der Waals surface area contributed by atoms with Crippen LogP contribution in [0.3, 0.4) is 0 Å². The highest BCUT2D eigenvalue weighted by Crippen LogP contribution is 2.25. The van der Waals surface area contributed by atoms with Gasteiger partial charge in [-0.05, 0) is 53.4 Å². The molecule has 126 valence electrons. The van der Waals surface area contributed by atoms with Gasteiger partial charge in [-0.15, -0.1) is 0 Å². The topological polar surface area (TPSA) is 42.0 Å². The standard InChI is InChI=1S/C20H16Cl2N2O/c21-18-4-2-1-3-15(18)9-12-24-20(25)17-13-16(5-6-19(17)22)14-7-10-23-11-8-14/h1-8,10-11,13H,9,12H2,(H,24,25). The number of nitrogens with zero attached hydrogens (tertiary/aromatic N) is 1. The minimum absolute atomic E-state index is 0.201. The number of carbonyl (C=O) groups is 1. The van der Waals surface area contributed by atoms with Gasteiger partial charge in [-0.1, -0.05) is 47.5 Å². The molecule has 5 heteroatoms. The molecule has 1 N–H and O–H groups in total. The molecule has 2 aromatic carbocycles. The van der Waals surface area contributed by atoms with Crippen LogP contribution in [-0.2, 0) is 6.42 Å². The fourth-order valence-electron chi connectivity index (χ4n) is 2.53. The second-order valence-electron chi connectivity index (χ2n) is 5.53. The van der Waals surface area contributed by atoms with Crippen LogP contribution in [0.2, 0.25) is 10.0 Å². The fraction of sp³-hybridized carbons (Fsp3) is 0.100. The second kappa shape index (κ2) is 8.15. The quantitative estimate of drug-likeness (QED) is 0.684. The van der Waals surface area contributed by atoms with Crippen molar-refractivity contribution in [2.75, 3.05) is 6.54 Å². The van der Waals surface area contributed by atoms with Gasteiger partial charge in [0.1, 0.15) is 0 Å². The van der Waals surface area contributed by atoms with Gasteiger partial charge in [-0.25, -0.2) is 0 Å². The summed E-state index contributed by atoms with van der Waals surface area (Å²) in [5.41, 5.74) is 3.36. The van der Waals surface area contributed by atoms with Crippen LogP contribution in [0, 0.1) is 0 Å². The van der Waals surface area contributed by atoms with Gasteiger partial charge < -0.3 is 5.32 Å². The summed E-state index contributed by atoms with van der Waals surface area (Å²) in [6.45, 7) is 0.485. The molecule has 1 aromatic heterocycles. The largest absolute Gasteiger partial charge is 0.352 e. The first kappa shape index (κ1) is 17.5. The van der Waals surface area contributed by atoms with Gasteiger partial charge in [0.05, 0.1) is 10.6 Å². The van der Waals surface area contributed by atoms with E-state index < -0.39 is 0 Å². The molecule has 1 heterocycles. The number of amides is 1. The molecule has 1 amide bonds. The molecule has 25 heavy (non-hydrogen) atoms. The van der Waals surface area contributed by atoms with Crippen LogP contribution in [0.4, 0.5) is 0 Å². The average Bonchev–Trinajstić information content (AvgIpc) is 2.64. The van der Waals surface area contributed by atoms with Crippen LogP contribution in [0.1, 0.15) is 15.9 Å². The maximum atomic E-state index is 12.5. The lowest BCUT2D eigenvalue weighted by Gasteiger charge is -2.10. The third-order valence-corrected chi connectivity index (χ3v) is 4.56. The van der Waals surface area contributed by atoms with E-state index in [1.807, 2.05) is 42.5 Å². The maximum Gasteiger partial charge on any atom is 0.252 e. The molecule has 3 rings (SSSR count). The van der Waals surface area contributed by atoms with Crippen LogP contribution < -0.4 is 5.32 Å². The average molecular weight is 371 g/mol. The van der Waals surface area contributed by atoms with Crippen LogP contribution >= 0.6 is 23.2 Å². The summed E-state index contributed by atoms with van der Waals surface area (Å²) in [5, 5.41) is 4.03. The van der Waals surface area contributed by atoms with Crippen molar-refractivity contribution in [1.29, 1.82) is 0 Å². The van der Waals surface area contributed by atoms with Gasteiger partial charge in [0.25, 0.3) is 5.91 Å². The van der Waals surface area contributed by atoms with Crippen molar-refractivity contribution in [3.63, 3.8) is 0 Å². The number of nitrogens with one attached hydrogen (secondary N) is 1. The molecule has 3 nitrogen and oxygen atoms in total. The monoisotopic (exact) mass is 370 g/mol. The highest BCUT2D eigenvalue weighted by molar-refractivity contribution is 6.34. The number of carbonyl (C=O) groups excluding carboxylic acids is 1. The number of hydrogen-bond donors (Lipinski definition) is 1. The number of aromatic nitrogens is 1.